The summed E-state index contributed by atoms with van der Waals surface area (Å²) >= 11 is 2.14. The van der Waals surface area contributed by atoms with Crippen molar-refractivity contribution in [3.8, 4) is 11.4 Å². The van der Waals surface area contributed by atoms with Crippen molar-refractivity contribution >= 4 is 28.4 Å². The van der Waals surface area contributed by atoms with Gasteiger partial charge in [0, 0.05) is 18.2 Å². The molecule has 0 radical (unpaired) electrons. The number of aromatic nitrogens is 2. The lowest BCUT2D eigenvalue weighted by molar-refractivity contribution is 0.584. The average molecular weight is 375 g/mol. The number of hydrogen-bond donors (Lipinski definition) is 1. The summed E-state index contributed by atoms with van der Waals surface area (Å²) in [7, 11) is 0. The largest absolute Gasteiger partial charge is 0.369 e. The van der Waals surface area contributed by atoms with Gasteiger partial charge in [0.05, 0.1) is 9.26 Å². The van der Waals surface area contributed by atoms with E-state index in [1.807, 2.05) is 13.8 Å². The Morgan fingerprint density at radius 2 is 1.79 bits per heavy atom. The predicted molar refractivity (Wildman–Crippen MR) is 79.0 cm³/mol. The third-order valence-electron chi connectivity index (χ3n) is 2.48. The Bertz CT molecular complexity index is 597. The van der Waals surface area contributed by atoms with Crippen LogP contribution in [0.2, 0.25) is 0 Å². The molecular weight excluding hydrogens is 363 g/mol. The first-order chi connectivity index (χ1) is 9.01. The molecule has 0 saturated carbocycles. The summed E-state index contributed by atoms with van der Waals surface area (Å²) in [5.41, 5.74) is 1.10. The molecule has 0 unspecified atom stereocenters. The molecule has 0 fully saturated rings. The molecule has 3 nitrogen and oxygen atoms in total. The zero-order chi connectivity index (χ0) is 14.0. The number of anilines is 1. The molecule has 2 rings (SSSR count). The van der Waals surface area contributed by atoms with Crippen LogP contribution in [0.1, 0.15) is 12.6 Å². The fourth-order valence-electron chi connectivity index (χ4n) is 1.66. The Morgan fingerprint density at radius 1 is 1.16 bits per heavy atom. The lowest BCUT2D eigenvalue weighted by atomic mass is 10.2. The number of halogens is 3. The van der Waals surface area contributed by atoms with Crippen LogP contribution in [0.3, 0.4) is 0 Å². The van der Waals surface area contributed by atoms with Crippen molar-refractivity contribution in [3.63, 3.8) is 0 Å². The fraction of sp³-hybridized carbons (Fsp3) is 0.231. The van der Waals surface area contributed by atoms with Gasteiger partial charge in [-0.05, 0) is 48.6 Å². The van der Waals surface area contributed by atoms with Crippen molar-refractivity contribution in [2.75, 3.05) is 11.9 Å². The summed E-state index contributed by atoms with van der Waals surface area (Å²) < 4.78 is 27.4. The molecule has 1 heterocycles. The van der Waals surface area contributed by atoms with Crippen LogP contribution >= 0.6 is 22.6 Å². The monoisotopic (exact) mass is 375 g/mol. The number of benzene rings is 1. The molecule has 1 aromatic heterocycles. The molecule has 100 valence electrons. The van der Waals surface area contributed by atoms with Gasteiger partial charge in [-0.15, -0.1) is 0 Å². The maximum absolute atomic E-state index is 13.2. The van der Waals surface area contributed by atoms with Gasteiger partial charge in [-0.1, -0.05) is 0 Å². The summed E-state index contributed by atoms with van der Waals surface area (Å²) in [4.78, 5) is 8.59. The smallest absolute Gasteiger partial charge is 0.162 e. The van der Waals surface area contributed by atoms with E-state index in [2.05, 4.69) is 37.9 Å². The number of aryl methyl sites for hydroxylation is 1. The molecule has 0 aliphatic rings. The van der Waals surface area contributed by atoms with Gasteiger partial charge in [0.2, 0.25) is 0 Å². The molecule has 0 amide bonds. The van der Waals surface area contributed by atoms with Crippen LogP contribution in [0.5, 0.6) is 0 Å². The minimum atomic E-state index is -0.639. The summed E-state index contributed by atoms with van der Waals surface area (Å²) in [5.74, 6) is -0.290. The van der Waals surface area contributed by atoms with E-state index in [-0.39, 0.29) is 0 Å². The Hall–Kier alpha value is -1.31. The number of hydrogen-bond acceptors (Lipinski definition) is 3. The molecule has 0 saturated heterocycles. The highest BCUT2D eigenvalue weighted by Crippen LogP contribution is 2.24. The van der Waals surface area contributed by atoms with Gasteiger partial charge in [-0.2, -0.15) is 0 Å². The second-order valence-electron chi connectivity index (χ2n) is 3.98. The molecule has 0 atom stereocenters. The maximum Gasteiger partial charge on any atom is 0.162 e. The van der Waals surface area contributed by atoms with Crippen LogP contribution in [-0.4, -0.2) is 16.5 Å². The van der Waals surface area contributed by atoms with Gasteiger partial charge < -0.3 is 5.32 Å². The summed E-state index contributed by atoms with van der Waals surface area (Å²) in [6.07, 6.45) is 0. The molecule has 19 heavy (non-hydrogen) atoms. The molecule has 0 bridgehead atoms. The van der Waals surface area contributed by atoms with E-state index in [0.29, 0.717) is 23.8 Å². The summed E-state index contributed by atoms with van der Waals surface area (Å²) in [5, 5.41) is 3.11. The van der Waals surface area contributed by atoms with Crippen LogP contribution < -0.4 is 5.32 Å². The van der Waals surface area contributed by atoms with Gasteiger partial charge in [-0.25, -0.2) is 18.7 Å². The van der Waals surface area contributed by atoms with Crippen molar-refractivity contribution in [2.24, 2.45) is 0 Å². The summed E-state index contributed by atoms with van der Waals surface area (Å²) in [6.45, 7) is 4.50. The van der Waals surface area contributed by atoms with Crippen molar-refractivity contribution in [3.05, 3.63) is 39.1 Å². The zero-order valence-electron chi connectivity index (χ0n) is 10.5. The van der Waals surface area contributed by atoms with Gasteiger partial charge in [-0.3, -0.25) is 0 Å². The van der Waals surface area contributed by atoms with Gasteiger partial charge >= 0.3 is 0 Å². The van der Waals surface area contributed by atoms with E-state index in [4.69, 9.17) is 0 Å². The van der Waals surface area contributed by atoms with Crippen molar-refractivity contribution in [1.29, 1.82) is 0 Å². The minimum Gasteiger partial charge on any atom is -0.369 e. The van der Waals surface area contributed by atoms with E-state index in [0.717, 1.165) is 15.3 Å². The van der Waals surface area contributed by atoms with Gasteiger partial charge in [0.25, 0.3) is 0 Å². The molecule has 6 heteroatoms. The minimum absolute atomic E-state index is 0.312. The average Bonchev–Trinajstić information content (AvgIpc) is 2.33. The molecule has 0 aliphatic heterocycles. The summed E-state index contributed by atoms with van der Waals surface area (Å²) in [6, 6.07) is 3.27. The quantitative estimate of drug-likeness (QED) is 0.831. The van der Waals surface area contributed by atoms with Gasteiger partial charge in [0.1, 0.15) is 17.5 Å². The van der Waals surface area contributed by atoms with E-state index in [1.54, 1.807) is 0 Å². The Labute approximate surface area is 123 Å². The van der Waals surface area contributed by atoms with E-state index >= 15 is 0 Å². The molecular formula is C13H12F2IN3. The van der Waals surface area contributed by atoms with Crippen molar-refractivity contribution < 1.29 is 8.78 Å². The number of nitrogens with zero attached hydrogens (tertiary/aromatic N) is 2. The van der Waals surface area contributed by atoms with E-state index in [9.17, 15) is 8.78 Å². The van der Waals surface area contributed by atoms with Gasteiger partial charge in [0.15, 0.2) is 5.82 Å². The van der Waals surface area contributed by atoms with Crippen molar-refractivity contribution in [1.82, 2.24) is 9.97 Å². The predicted octanol–water partition coefficient (Wildman–Crippen LogP) is 3.77. The second kappa shape index (κ2) is 5.77. The Morgan fingerprint density at radius 3 is 2.37 bits per heavy atom. The van der Waals surface area contributed by atoms with E-state index < -0.39 is 11.6 Å². The van der Waals surface area contributed by atoms with Crippen LogP contribution in [0.4, 0.5) is 14.6 Å². The number of rotatable bonds is 3. The third-order valence-corrected chi connectivity index (χ3v) is 3.77. The fourth-order valence-corrected chi connectivity index (χ4v) is 2.09. The van der Waals surface area contributed by atoms with Crippen LogP contribution in [0.25, 0.3) is 11.4 Å². The second-order valence-corrected chi connectivity index (χ2v) is 5.06. The molecule has 0 aliphatic carbocycles. The first-order valence-electron chi connectivity index (χ1n) is 5.75. The first-order valence-corrected chi connectivity index (χ1v) is 6.83. The zero-order valence-corrected chi connectivity index (χ0v) is 12.6. The Balaban J connectivity index is 2.55. The van der Waals surface area contributed by atoms with E-state index in [1.165, 1.54) is 12.1 Å². The normalized spacial score (nSPS) is 10.6. The highest BCUT2D eigenvalue weighted by molar-refractivity contribution is 14.1. The standard InChI is InChI=1S/C13H12F2IN3/c1-3-17-13-11(16)7(2)18-12(19-13)8-4-9(14)6-10(15)5-8/h4-6H,3H2,1-2H3,(H,17,18,19). The SMILES string of the molecule is CCNc1nc(-c2cc(F)cc(F)c2)nc(C)c1I. The van der Waals surface area contributed by atoms with Crippen LogP contribution in [0.15, 0.2) is 18.2 Å². The molecule has 2 aromatic rings. The lowest BCUT2D eigenvalue weighted by Crippen LogP contribution is -2.06. The lowest BCUT2D eigenvalue weighted by Gasteiger charge is -2.10. The van der Waals surface area contributed by atoms with Crippen LogP contribution in [0, 0.1) is 22.1 Å². The Kier molecular flexibility index (Phi) is 4.28. The topological polar surface area (TPSA) is 37.8 Å². The third kappa shape index (κ3) is 3.17. The molecule has 1 aromatic carbocycles. The molecule has 1 N–H and O–H groups in total. The maximum atomic E-state index is 13.2. The highest BCUT2D eigenvalue weighted by Gasteiger charge is 2.12. The molecule has 0 spiro atoms. The van der Waals surface area contributed by atoms with Crippen LogP contribution in [-0.2, 0) is 0 Å². The highest BCUT2D eigenvalue weighted by atomic mass is 127. The first kappa shape index (κ1) is 14.1. The number of nitrogens with one attached hydrogen (secondary N) is 1. The van der Waals surface area contributed by atoms with Crippen molar-refractivity contribution in [2.45, 2.75) is 13.8 Å².